The minimum Gasteiger partial charge on any atom is -0.384 e. The smallest absolute Gasteiger partial charge is 0.231 e. The van der Waals surface area contributed by atoms with E-state index in [1.165, 1.54) is 6.33 Å². The van der Waals surface area contributed by atoms with Gasteiger partial charge in [0.05, 0.1) is 17.6 Å². The summed E-state index contributed by atoms with van der Waals surface area (Å²) in [6, 6.07) is 9.44. The van der Waals surface area contributed by atoms with Crippen LogP contribution in [0.1, 0.15) is 38.2 Å². The third kappa shape index (κ3) is 2.77. The van der Waals surface area contributed by atoms with Crippen LogP contribution >= 0.6 is 11.6 Å². The maximum Gasteiger partial charge on any atom is 0.231 e. The predicted molar refractivity (Wildman–Crippen MR) is 105 cm³/mol. The lowest BCUT2D eigenvalue weighted by Gasteiger charge is -2.42. The van der Waals surface area contributed by atoms with Gasteiger partial charge in [0.1, 0.15) is 12.1 Å². The van der Waals surface area contributed by atoms with Crippen LogP contribution in [0.4, 0.5) is 5.95 Å². The number of H-pyrrole nitrogens is 1. The number of hydrogen-bond donors (Lipinski definition) is 2. The van der Waals surface area contributed by atoms with E-state index in [0.717, 1.165) is 5.70 Å². The predicted octanol–water partition coefficient (Wildman–Crippen LogP) is 3.40. The number of nitrogens with two attached hydrogens (primary N) is 1. The molecule has 7 nitrogen and oxygen atoms in total. The lowest BCUT2D eigenvalue weighted by molar-refractivity contribution is -0.118. The highest BCUT2D eigenvalue weighted by atomic mass is 35.5. The van der Waals surface area contributed by atoms with E-state index in [0.29, 0.717) is 34.9 Å². The molecule has 3 N–H and O–H groups in total. The fourth-order valence-electron chi connectivity index (χ4n) is 4.08. The Morgan fingerprint density at radius 1 is 1.36 bits per heavy atom. The third-order valence-corrected chi connectivity index (χ3v) is 5.56. The number of hydrogen-bond acceptors (Lipinski definition) is 6. The van der Waals surface area contributed by atoms with Gasteiger partial charge in [-0.05, 0) is 23.5 Å². The van der Waals surface area contributed by atoms with Gasteiger partial charge in [0, 0.05) is 22.7 Å². The number of carbonyl (C=O) groups is 1. The van der Waals surface area contributed by atoms with E-state index in [9.17, 15) is 10.1 Å². The molecule has 0 unspecified atom stereocenters. The van der Waals surface area contributed by atoms with Crippen molar-refractivity contribution < 1.29 is 4.79 Å². The molecule has 0 spiro atoms. The zero-order valence-electron chi connectivity index (χ0n) is 15.5. The molecule has 1 aromatic carbocycles. The van der Waals surface area contributed by atoms with Gasteiger partial charge in [0.15, 0.2) is 5.78 Å². The summed E-state index contributed by atoms with van der Waals surface area (Å²) >= 11 is 6.45. The summed E-state index contributed by atoms with van der Waals surface area (Å²) in [4.78, 5) is 19.1. The second-order valence-electron chi connectivity index (χ2n) is 7.81. The number of anilines is 1. The minimum atomic E-state index is -0.600. The van der Waals surface area contributed by atoms with Crippen LogP contribution in [0.15, 0.2) is 53.3 Å². The van der Waals surface area contributed by atoms with Crippen molar-refractivity contribution in [3.05, 3.63) is 63.8 Å². The number of benzene rings is 1. The first-order valence-electron chi connectivity index (χ1n) is 8.90. The first kappa shape index (κ1) is 18.3. The fraction of sp³-hybridized carbons (Fsp3) is 0.300. The van der Waals surface area contributed by atoms with E-state index in [4.69, 9.17) is 17.3 Å². The Bertz CT molecular complexity index is 1060. The average Bonchev–Trinajstić information content (AvgIpc) is 3.14. The number of allylic oxidation sites excluding steroid dienone is 3. The van der Waals surface area contributed by atoms with Crippen molar-refractivity contribution in [1.29, 1.82) is 5.26 Å². The summed E-state index contributed by atoms with van der Waals surface area (Å²) in [6.45, 7) is 4.08. The zero-order valence-corrected chi connectivity index (χ0v) is 16.3. The van der Waals surface area contributed by atoms with E-state index in [2.05, 4.69) is 21.3 Å². The molecule has 1 aliphatic carbocycles. The molecule has 0 saturated heterocycles. The van der Waals surface area contributed by atoms with Gasteiger partial charge >= 0.3 is 0 Å². The van der Waals surface area contributed by atoms with Crippen LogP contribution in [-0.4, -0.2) is 21.0 Å². The number of nitriles is 1. The topological polar surface area (TPSA) is 112 Å². The van der Waals surface area contributed by atoms with Crippen molar-refractivity contribution in [2.45, 2.75) is 32.6 Å². The minimum absolute atomic E-state index is 0.0130. The molecule has 0 radical (unpaired) electrons. The maximum absolute atomic E-state index is 13.3. The van der Waals surface area contributed by atoms with Gasteiger partial charge in [-0.1, -0.05) is 43.6 Å². The fourth-order valence-corrected chi connectivity index (χ4v) is 4.32. The second-order valence-corrected chi connectivity index (χ2v) is 8.22. The molecule has 2 heterocycles. The van der Waals surface area contributed by atoms with E-state index < -0.39 is 5.92 Å². The number of rotatable bonds is 2. The Labute approximate surface area is 167 Å². The monoisotopic (exact) mass is 394 g/mol. The van der Waals surface area contributed by atoms with Crippen LogP contribution in [0, 0.1) is 16.7 Å². The van der Waals surface area contributed by atoms with E-state index in [1.807, 2.05) is 32.0 Å². The SMILES string of the molecule is CC1(C)CC(=O)C2=C(C1)N(c1ncn[nH]1)C(N)=C(C#N)[C@@H]2c1ccccc1Cl. The van der Waals surface area contributed by atoms with Crippen LogP contribution in [0.2, 0.25) is 5.02 Å². The molecule has 0 bridgehead atoms. The number of nitrogens with zero attached hydrogens (tertiary/aromatic N) is 4. The van der Waals surface area contributed by atoms with Gasteiger partial charge in [-0.15, -0.1) is 0 Å². The Morgan fingerprint density at radius 2 is 2.11 bits per heavy atom. The Morgan fingerprint density at radius 3 is 2.75 bits per heavy atom. The molecule has 142 valence electrons. The molecule has 4 rings (SSSR count). The number of nitrogens with one attached hydrogen (secondary N) is 1. The van der Waals surface area contributed by atoms with Gasteiger partial charge in [-0.3, -0.25) is 9.69 Å². The highest BCUT2D eigenvalue weighted by Gasteiger charge is 2.45. The summed E-state index contributed by atoms with van der Waals surface area (Å²) in [6.07, 6.45) is 2.36. The number of Topliss-reactive ketones (excluding diaryl/α,β-unsaturated/α-hetero) is 1. The van der Waals surface area contributed by atoms with Gasteiger partial charge in [0.25, 0.3) is 0 Å². The molecule has 1 atom stereocenters. The third-order valence-electron chi connectivity index (χ3n) is 5.21. The van der Waals surface area contributed by atoms with Crippen molar-refractivity contribution in [3.8, 4) is 6.07 Å². The van der Waals surface area contributed by atoms with Crippen LogP contribution < -0.4 is 10.6 Å². The maximum atomic E-state index is 13.3. The van der Waals surface area contributed by atoms with Gasteiger partial charge < -0.3 is 5.73 Å². The molecule has 2 aromatic rings. The first-order chi connectivity index (χ1) is 13.3. The molecule has 2 aliphatic rings. The number of halogens is 1. The van der Waals surface area contributed by atoms with Crippen LogP contribution in [-0.2, 0) is 4.79 Å². The van der Waals surface area contributed by atoms with Crippen molar-refractivity contribution >= 4 is 23.3 Å². The van der Waals surface area contributed by atoms with Crippen LogP contribution in [0.5, 0.6) is 0 Å². The standard InChI is InChI=1S/C20H19ClN6O/c1-20(2)7-14-17(15(28)8-20)16(11-5-3-4-6-13(11)21)12(9-22)18(23)27(14)19-24-10-25-26-19/h3-6,10,16H,7-8,23H2,1-2H3,(H,24,25,26)/t16-/m0/s1. The Hall–Kier alpha value is -3.11. The molecule has 0 fully saturated rings. The van der Waals surface area contributed by atoms with Crippen molar-refractivity contribution in [2.75, 3.05) is 4.90 Å². The normalized spacial score (nSPS) is 21.6. The quantitative estimate of drug-likeness (QED) is 0.807. The molecular formula is C20H19ClN6O. The van der Waals surface area contributed by atoms with Crippen molar-refractivity contribution in [3.63, 3.8) is 0 Å². The largest absolute Gasteiger partial charge is 0.384 e. The van der Waals surface area contributed by atoms with Gasteiger partial charge in [-0.2, -0.15) is 15.3 Å². The Kier molecular flexibility index (Phi) is 4.24. The highest BCUT2D eigenvalue weighted by Crippen LogP contribution is 2.50. The molecule has 1 aromatic heterocycles. The zero-order chi connectivity index (χ0) is 20.1. The lowest BCUT2D eigenvalue weighted by atomic mass is 9.68. The molecule has 0 saturated carbocycles. The summed E-state index contributed by atoms with van der Waals surface area (Å²) in [5.74, 6) is -0.00770. The molecule has 0 amide bonds. The van der Waals surface area contributed by atoms with E-state index >= 15 is 0 Å². The molecule has 28 heavy (non-hydrogen) atoms. The first-order valence-corrected chi connectivity index (χ1v) is 9.28. The summed E-state index contributed by atoms with van der Waals surface area (Å²) in [5, 5.41) is 17.1. The van der Waals surface area contributed by atoms with E-state index in [-0.39, 0.29) is 22.6 Å². The highest BCUT2D eigenvalue weighted by molar-refractivity contribution is 6.31. The molecule has 8 heteroatoms. The van der Waals surface area contributed by atoms with Crippen molar-refractivity contribution in [2.24, 2.45) is 11.1 Å². The second kappa shape index (κ2) is 6.50. The number of aromatic amines is 1. The van der Waals surface area contributed by atoms with Gasteiger partial charge in [-0.25, -0.2) is 5.10 Å². The van der Waals surface area contributed by atoms with Crippen LogP contribution in [0.3, 0.4) is 0 Å². The van der Waals surface area contributed by atoms with E-state index in [1.54, 1.807) is 11.0 Å². The van der Waals surface area contributed by atoms with Crippen LogP contribution in [0.25, 0.3) is 0 Å². The average molecular weight is 395 g/mol. The number of aromatic nitrogens is 3. The lowest BCUT2D eigenvalue weighted by Crippen LogP contribution is -2.42. The summed E-state index contributed by atoms with van der Waals surface area (Å²) in [7, 11) is 0. The number of carbonyl (C=O) groups excluding carboxylic acids is 1. The van der Waals surface area contributed by atoms with Crippen molar-refractivity contribution in [1.82, 2.24) is 15.2 Å². The summed E-state index contributed by atoms with van der Waals surface area (Å²) < 4.78 is 0. The Balaban J connectivity index is 2.02. The molecule has 1 aliphatic heterocycles. The molecular weight excluding hydrogens is 376 g/mol. The van der Waals surface area contributed by atoms with Gasteiger partial charge in [0.2, 0.25) is 5.95 Å². The summed E-state index contributed by atoms with van der Waals surface area (Å²) in [5.41, 5.74) is 8.46. The number of ketones is 1.